The van der Waals surface area contributed by atoms with Gasteiger partial charge in [0.05, 0.1) is 12.7 Å². The van der Waals surface area contributed by atoms with Crippen molar-refractivity contribution in [1.29, 1.82) is 0 Å². The summed E-state index contributed by atoms with van der Waals surface area (Å²) in [5, 5.41) is 0. The standard InChI is InChI=1S/C15H13FO3/c1-18-15(17)12-5-7-14(8-6-12)19-10-11-3-2-4-13(16)9-11/h2-9H,10H2,1H3. The molecule has 98 valence electrons. The molecule has 0 fully saturated rings. The van der Waals surface area contributed by atoms with E-state index in [2.05, 4.69) is 4.74 Å². The van der Waals surface area contributed by atoms with Crippen molar-refractivity contribution in [3.05, 3.63) is 65.5 Å². The number of rotatable bonds is 4. The molecule has 0 atom stereocenters. The Morgan fingerprint density at radius 1 is 1.16 bits per heavy atom. The first-order valence-corrected chi connectivity index (χ1v) is 5.74. The summed E-state index contributed by atoms with van der Waals surface area (Å²) in [6, 6.07) is 12.8. The number of benzene rings is 2. The van der Waals surface area contributed by atoms with Gasteiger partial charge in [-0.05, 0) is 42.0 Å². The van der Waals surface area contributed by atoms with Crippen LogP contribution in [0.15, 0.2) is 48.5 Å². The van der Waals surface area contributed by atoms with Gasteiger partial charge in [0.1, 0.15) is 18.2 Å². The maximum atomic E-state index is 13.0. The summed E-state index contributed by atoms with van der Waals surface area (Å²) >= 11 is 0. The van der Waals surface area contributed by atoms with Gasteiger partial charge in [-0.3, -0.25) is 0 Å². The van der Waals surface area contributed by atoms with Gasteiger partial charge < -0.3 is 9.47 Å². The van der Waals surface area contributed by atoms with Crippen molar-refractivity contribution >= 4 is 5.97 Å². The van der Waals surface area contributed by atoms with Crippen LogP contribution in [0.25, 0.3) is 0 Å². The van der Waals surface area contributed by atoms with E-state index in [9.17, 15) is 9.18 Å². The summed E-state index contributed by atoms with van der Waals surface area (Å²) in [6.45, 7) is 0.273. The maximum Gasteiger partial charge on any atom is 0.337 e. The zero-order chi connectivity index (χ0) is 13.7. The second-order valence-corrected chi connectivity index (χ2v) is 3.93. The van der Waals surface area contributed by atoms with E-state index in [1.54, 1.807) is 36.4 Å². The average molecular weight is 260 g/mol. The minimum atomic E-state index is -0.392. The fraction of sp³-hybridized carbons (Fsp3) is 0.133. The molecule has 3 nitrogen and oxygen atoms in total. The minimum Gasteiger partial charge on any atom is -0.489 e. The van der Waals surface area contributed by atoms with E-state index in [0.717, 1.165) is 5.56 Å². The van der Waals surface area contributed by atoms with Crippen molar-refractivity contribution < 1.29 is 18.7 Å². The fourth-order valence-corrected chi connectivity index (χ4v) is 1.60. The first kappa shape index (κ1) is 13.1. The van der Waals surface area contributed by atoms with Crippen LogP contribution in [-0.4, -0.2) is 13.1 Å². The molecule has 0 aromatic heterocycles. The first-order chi connectivity index (χ1) is 9.19. The Bertz CT molecular complexity index is 564. The molecule has 0 saturated carbocycles. The van der Waals surface area contributed by atoms with Crippen LogP contribution < -0.4 is 4.74 Å². The minimum absolute atomic E-state index is 0.273. The topological polar surface area (TPSA) is 35.5 Å². The van der Waals surface area contributed by atoms with Gasteiger partial charge >= 0.3 is 5.97 Å². The SMILES string of the molecule is COC(=O)c1ccc(OCc2cccc(F)c2)cc1. The predicted octanol–water partition coefficient (Wildman–Crippen LogP) is 3.19. The number of hydrogen-bond donors (Lipinski definition) is 0. The van der Waals surface area contributed by atoms with Gasteiger partial charge in [0.25, 0.3) is 0 Å². The molecule has 0 N–H and O–H groups in total. The highest BCUT2D eigenvalue weighted by Crippen LogP contribution is 2.15. The highest BCUT2D eigenvalue weighted by Gasteiger charge is 2.04. The third-order valence-corrected chi connectivity index (χ3v) is 2.57. The van der Waals surface area contributed by atoms with Crippen molar-refractivity contribution in [2.45, 2.75) is 6.61 Å². The fourth-order valence-electron chi connectivity index (χ4n) is 1.60. The van der Waals surface area contributed by atoms with Gasteiger partial charge in [0, 0.05) is 0 Å². The second kappa shape index (κ2) is 6.00. The van der Waals surface area contributed by atoms with Crippen LogP contribution >= 0.6 is 0 Å². The molecule has 2 aromatic carbocycles. The molecule has 0 aliphatic rings. The molecule has 19 heavy (non-hydrogen) atoms. The lowest BCUT2D eigenvalue weighted by molar-refractivity contribution is 0.0600. The molecule has 0 aliphatic heterocycles. The van der Waals surface area contributed by atoms with Crippen molar-refractivity contribution in [3.63, 3.8) is 0 Å². The number of methoxy groups -OCH3 is 1. The number of hydrogen-bond acceptors (Lipinski definition) is 3. The average Bonchev–Trinajstić information content (AvgIpc) is 2.45. The van der Waals surface area contributed by atoms with Gasteiger partial charge in [-0.25, -0.2) is 9.18 Å². The van der Waals surface area contributed by atoms with Gasteiger partial charge in [-0.2, -0.15) is 0 Å². The summed E-state index contributed by atoms with van der Waals surface area (Å²) in [5.41, 5.74) is 1.21. The van der Waals surface area contributed by atoms with E-state index >= 15 is 0 Å². The second-order valence-electron chi connectivity index (χ2n) is 3.93. The number of carbonyl (C=O) groups is 1. The Morgan fingerprint density at radius 3 is 2.53 bits per heavy atom. The first-order valence-electron chi connectivity index (χ1n) is 5.74. The Balaban J connectivity index is 1.98. The molecule has 0 bridgehead atoms. The van der Waals surface area contributed by atoms with E-state index in [-0.39, 0.29) is 12.4 Å². The Labute approximate surface area is 110 Å². The van der Waals surface area contributed by atoms with Crippen LogP contribution in [0.4, 0.5) is 4.39 Å². The Hall–Kier alpha value is -2.36. The van der Waals surface area contributed by atoms with E-state index in [0.29, 0.717) is 11.3 Å². The molecule has 0 spiro atoms. The van der Waals surface area contributed by atoms with E-state index < -0.39 is 5.97 Å². The third-order valence-electron chi connectivity index (χ3n) is 2.57. The van der Waals surface area contributed by atoms with Crippen LogP contribution in [0.2, 0.25) is 0 Å². The molecule has 2 rings (SSSR count). The highest BCUT2D eigenvalue weighted by atomic mass is 19.1. The lowest BCUT2D eigenvalue weighted by Crippen LogP contribution is -2.01. The summed E-state index contributed by atoms with van der Waals surface area (Å²) in [5.74, 6) is -0.0734. The molecule has 4 heteroatoms. The van der Waals surface area contributed by atoms with Gasteiger partial charge in [-0.15, -0.1) is 0 Å². The molecule has 2 aromatic rings. The molecule has 0 aliphatic carbocycles. The Morgan fingerprint density at radius 2 is 1.89 bits per heavy atom. The molecule has 0 unspecified atom stereocenters. The molecule has 0 radical (unpaired) electrons. The van der Waals surface area contributed by atoms with Crippen LogP contribution in [0.3, 0.4) is 0 Å². The lowest BCUT2D eigenvalue weighted by atomic mass is 10.2. The van der Waals surface area contributed by atoms with E-state index in [1.165, 1.54) is 19.2 Å². The molecule has 0 amide bonds. The summed E-state index contributed by atoms with van der Waals surface area (Å²) in [7, 11) is 1.33. The summed E-state index contributed by atoms with van der Waals surface area (Å²) in [6.07, 6.45) is 0. The number of halogens is 1. The van der Waals surface area contributed by atoms with Crippen molar-refractivity contribution in [1.82, 2.24) is 0 Å². The van der Waals surface area contributed by atoms with Crippen molar-refractivity contribution in [2.75, 3.05) is 7.11 Å². The van der Waals surface area contributed by atoms with Crippen molar-refractivity contribution in [3.8, 4) is 5.75 Å². The van der Waals surface area contributed by atoms with E-state index in [1.807, 2.05) is 0 Å². The van der Waals surface area contributed by atoms with Gasteiger partial charge in [-0.1, -0.05) is 12.1 Å². The number of esters is 1. The molecular formula is C15H13FO3. The zero-order valence-corrected chi connectivity index (χ0v) is 10.4. The lowest BCUT2D eigenvalue weighted by Gasteiger charge is -2.07. The normalized spacial score (nSPS) is 10.0. The number of ether oxygens (including phenoxy) is 2. The largest absolute Gasteiger partial charge is 0.489 e. The van der Waals surface area contributed by atoms with Gasteiger partial charge in [0.15, 0.2) is 0 Å². The molecule has 0 saturated heterocycles. The van der Waals surface area contributed by atoms with Gasteiger partial charge in [0.2, 0.25) is 0 Å². The third kappa shape index (κ3) is 3.55. The van der Waals surface area contributed by atoms with Crippen LogP contribution in [0, 0.1) is 5.82 Å². The monoisotopic (exact) mass is 260 g/mol. The van der Waals surface area contributed by atoms with Crippen LogP contribution in [-0.2, 0) is 11.3 Å². The quantitative estimate of drug-likeness (QED) is 0.792. The predicted molar refractivity (Wildman–Crippen MR) is 68.5 cm³/mol. The number of carbonyl (C=O) groups excluding carboxylic acids is 1. The Kier molecular flexibility index (Phi) is 4.13. The van der Waals surface area contributed by atoms with E-state index in [4.69, 9.17) is 4.74 Å². The summed E-state index contributed by atoms with van der Waals surface area (Å²) in [4.78, 5) is 11.2. The van der Waals surface area contributed by atoms with Crippen LogP contribution in [0.1, 0.15) is 15.9 Å². The molecular weight excluding hydrogens is 247 g/mol. The smallest absolute Gasteiger partial charge is 0.337 e. The molecule has 0 heterocycles. The maximum absolute atomic E-state index is 13.0. The van der Waals surface area contributed by atoms with Crippen LogP contribution in [0.5, 0.6) is 5.75 Å². The zero-order valence-electron chi connectivity index (χ0n) is 10.4. The highest BCUT2D eigenvalue weighted by molar-refractivity contribution is 5.89. The van der Waals surface area contributed by atoms with Crippen molar-refractivity contribution in [2.24, 2.45) is 0 Å². The summed E-state index contributed by atoms with van der Waals surface area (Å²) < 4.78 is 23.1.